The maximum absolute atomic E-state index is 12.0. The van der Waals surface area contributed by atoms with Gasteiger partial charge < -0.3 is 10.0 Å². The van der Waals surface area contributed by atoms with E-state index in [0.717, 1.165) is 12.8 Å². The molecule has 1 N–H and O–H groups in total. The Balaban J connectivity index is 2.37. The summed E-state index contributed by atoms with van der Waals surface area (Å²) in [7, 11) is 0. The predicted molar refractivity (Wildman–Crippen MR) is 68.5 cm³/mol. The molecule has 0 unspecified atom stereocenters. The van der Waals surface area contributed by atoms with Gasteiger partial charge >= 0.3 is 0 Å². The number of hydrogen-bond acceptors (Lipinski definition) is 3. The zero-order valence-corrected chi connectivity index (χ0v) is 10.5. The van der Waals surface area contributed by atoms with Gasteiger partial charge in [-0.1, -0.05) is 6.08 Å². The van der Waals surface area contributed by atoms with Crippen molar-refractivity contribution in [2.24, 2.45) is 5.92 Å². The molecule has 0 aromatic carbocycles. The van der Waals surface area contributed by atoms with Crippen molar-refractivity contribution in [1.82, 2.24) is 4.90 Å². The molecular weight excluding hydrogens is 222 g/mol. The van der Waals surface area contributed by atoms with Gasteiger partial charge in [-0.05, 0) is 30.3 Å². The van der Waals surface area contributed by atoms with Crippen LogP contribution < -0.4 is 0 Å². The van der Waals surface area contributed by atoms with Crippen LogP contribution in [0.1, 0.15) is 19.3 Å². The molecule has 16 heavy (non-hydrogen) atoms. The maximum Gasteiger partial charge on any atom is 0.223 e. The largest absolute Gasteiger partial charge is 0.395 e. The van der Waals surface area contributed by atoms with Crippen molar-refractivity contribution >= 4 is 17.7 Å². The molecule has 0 aliphatic carbocycles. The van der Waals surface area contributed by atoms with Crippen molar-refractivity contribution in [3.63, 3.8) is 0 Å². The highest BCUT2D eigenvalue weighted by Crippen LogP contribution is 2.25. The van der Waals surface area contributed by atoms with Crippen LogP contribution in [-0.4, -0.2) is 47.1 Å². The highest BCUT2D eigenvalue weighted by Gasteiger charge is 2.20. The second kappa shape index (κ2) is 7.74. The molecule has 0 aromatic heterocycles. The lowest BCUT2D eigenvalue weighted by Crippen LogP contribution is -2.35. The number of thioether (sulfide) groups is 1. The fourth-order valence-electron chi connectivity index (χ4n) is 1.92. The Morgan fingerprint density at radius 1 is 1.50 bits per heavy atom. The Morgan fingerprint density at radius 3 is 2.75 bits per heavy atom. The van der Waals surface area contributed by atoms with Crippen molar-refractivity contribution in [3.05, 3.63) is 12.7 Å². The molecule has 1 heterocycles. The number of carbonyl (C=O) groups is 1. The molecule has 0 aromatic rings. The van der Waals surface area contributed by atoms with E-state index in [1.54, 1.807) is 11.0 Å². The van der Waals surface area contributed by atoms with E-state index in [1.807, 2.05) is 11.8 Å². The summed E-state index contributed by atoms with van der Waals surface area (Å²) in [6, 6.07) is 0. The third-order valence-electron chi connectivity index (χ3n) is 2.88. The fourth-order valence-corrected chi connectivity index (χ4v) is 3.13. The first kappa shape index (κ1) is 13.6. The van der Waals surface area contributed by atoms with Gasteiger partial charge in [0.05, 0.1) is 6.61 Å². The highest BCUT2D eigenvalue weighted by atomic mass is 32.2. The molecule has 0 bridgehead atoms. The summed E-state index contributed by atoms with van der Waals surface area (Å²) in [6.45, 7) is 4.63. The van der Waals surface area contributed by atoms with Crippen LogP contribution in [0, 0.1) is 5.92 Å². The van der Waals surface area contributed by atoms with Crippen LogP contribution in [0.15, 0.2) is 12.7 Å². The molecule has 3 nitrogen and oxygen atoms in total. The summed E-state index contributed by atoms with van der Waals surface area (Å²) in [4.78, 5) is 13.6. The van der Waals surface area contributed by atoms with E-state index >= 15 is 0 Å². The van der Waals surface area contributed by atoms with Gasteiger partial charge in [-0.3, -0.25) is 4.79 Å². The van der Waals surface area contributed by atoms with Crippen molar-refractivity contribution < 1.29 is 9.90 Å². The third-order valence-corrected chi connectivity index (χ3v) is 3.93. The molecule has 92 valence electrons. The number of nitrogens with zero attached hydrogens (tertiary/aromatic N) is 1. The van der Waals surface area contributed by atoms with E-state index in [2.05, 4.69) is 6.58 Å². The first-order chi connectivity index (χ1) is 7.77. The Kier molecular flexibility index (Phi) is 6.57. The van der Waals surface area contributed by atoms with Gasteiger partial charge in [-0.25, -0.2) is 0 Å². The van der Waals surface area contributed by atoms with Crippen LogP contribution >= 0.6 is 11.8 Å². The van der Waals surface area contributed by atoms with Crippen molar-refractivity contribution in [2.75, 3.05) is 31.2 Å². The van der Waals surface area contributed by atoms with Gasteiger partial charge in [0.1, 0.15) is 0 Å². The van der Waals surface area contributed by atoms with Crippen molar-refractivity contribution in [2.45, 2.75) is 19.3 Å². The molecule has 0 atom stereocenters. The number of aliphatic hydroxyl groups excluding tert-OH is 1. The van der Waals surface area contributed by atoms with E-state index in [0.29, 0.717) is 25.4 Å². The van der Waals surface area contributed by atoms with E-state index in [-0.39, 0.29) is 12.5 Å². The molecule has 0 spiro atoms. The minimum Gasteiger partial charge on any atom is -0.395 e. The summed E-state index contributed by atoms with van der Waals surface area (Å²) in [5, 5.41) is 8.89. The van der Waals surface area contributed by atoms with E-state index in [4.69, 9.17) is 5.11 Å². The van der Waals surface area contributed by atoms with E-state index in [1.165, 1.54) is 11.5 Å². The Bertz CT molecular complexity index is 227. The van der Waals surface area contributed by atoms with Crippen molar-refractivity contribution in [1.29, 1.82) is 0 Å². The van der Waals surface area contributed by atoms with Crippen LogP contribution in [0.5, 0.6) is 0 Å². The minimum absolute atomic E-state index is 0.0279. The summed E-state index contributed by atoms with van der Waals surface area (Å²) in [5.41, 5.74) is 0. The summed E-state index contributed by atoms with van der Waals surface area (Å²) < 4.78 is 0. The lowest BCUT2D eigenvalue weighted by Gasteiger charge is -2.25. The van der Waals surface area contributed by atoms with Gasteiger partial charge in [0, 0.05) is 19.5 Å². The van der Waals surface area contributed by atoms with Crippen molar-refractivity contribution in [3.8, 4) is 0 Å². The number of amides is 1. The Labute approximate surface area is 102 Å². The summed E-state index contributed by atoms with van der Waals surface area (Å²) in [6.07, 6.45) is 4.65. The molecule has 1 aliphatic heterocycles. The van der Waals surface area contributed by atoms with Gasteiger partial charge in [-0.15, -0.1) is 6.58 Å². The third kappa shape index (κ3) is 4.58. The van der Waals surface area contributed by atoms with E-state index in [9.17, 15) is 4.79 Å². The lowest BCUT2D eigenvalue weighted by molar-refractivity contribution is -0.132. The van der Waals surface area contributed by atoms with Crippen LogP contribution in [0.3, 0.4) is 0 Å². The Hall–Kier alpha value is -0.480. The number of aliphatic hydroxyl groups is 1. The maximum atomic E-state index is 12.0. The van der Waals surface area contributed by atoms with Crippen LogP contribution in [-0.2, 0) is 4.79 Å². The van der Waals surface area contributed by atoms with Gasteiger partial charge in [-0.2, -0.15) is 11.8 Å². The topological polar surface area (TPSA) is 40.5 Å². The molecule has 1 fully saturated rings. The predicted octanol–water partition coefficient (Wildman–Crippen LogP) is 1.53. The molecule has 0 saturated carbocycles. The zero-order chi connectivity index (χ0) is 11.8. The minimum atomic E-state index is 0.0279. The SMILES string of the molecule is C=CCN(CCO)C(=O)CC1CCSCC1. The molecule has 4 heteroatoms. The highest BCUT2D eigenvalue weighted by molar-refractivity contribution is 7.99. The molecule has 1 saturated heterocycles. The molecular formula is C12H21NO2S. The molecule has 1 aliphatic rings. The second-order valence-electron chi connectivity index (χ2n) is 4.11. The fraction of sp³-hybridized carbons (Fsp3) is 0.750. The lowest BCUT2D eigenvalue weighted by atomic mass is 9.98. The average Bonchev–Trinajstić information content (AvgIpc) is 2.30. The van der Waals surface area contributed by atoms with Gasteiger partial charge in [0.2, 0.25) is 5.91 Å². The van der Waals surface area contributed by atoms with E-state index < -0.39 is 0 Å². The average molecular weight is 243 g/mol. The molecule has 0 radical (unpaired) electrons. The quantitative estimate of drug-likeness (QED) is 0.719. The monoisotopic (exact) mass is 243 g/mol. The normalized spacial score (nSPS) is 17.1. The second-order valence-corrected chi connectivity index (χ2v) is 5.34. The van der Waals surface area contributed by atoms with Crippen LogP contribution in [0.4, 0.5) is 0 Å². The Morgan fingerprint density at radius 2 is 2.19 bits per heavy atom. The first-order valence-electron chi connectivity index (χ1n) is 5.85. The van der Waals surface area contributed by atoms with Gasteiger partial charge in [0.25, 0.3) is 0 Å². The molecule has 1 rings (SSSR count). The van der Waals surface area contributed by atoms with Crippen LogP contribution in [0.25, 0.3) is 0 Å². The smallest absolute Gasteiger partial charge is 0.223 e. The number of carbonyl (C=O) groups excluding carboxylic acids is 1. The first-order valence-corrected chi connectivity index (χ1v) is 7.00. The standard InChI is InChI=1S/C12H21NO2S/c1-2-5-13(6-7-14)12(15)10-11-3-8-16-9-4-11/h2,11,14H,1,3-10H2. The molecule has 1 amide bonds. The number of hydrogen-bond donors (Lipinski definition) is 1. The van der Waals surface area contributed by atoms with Crippen LogP contribution in [0.2, 0.25) is 0 Å². The zero-order valence-electron chi connectivity index (χ0n) is 9.73. The van der Waals surface area contributed by atoms with Gasteiger partial charge in [0.15, 0.2) is 0 Å². The summed E-state index contributed by atoms with van der Waals surface area (Å²) in [5.74, 6) is 3.06. The number of rotatable bonds is 6. The summed E-state index contributed by atoms with van der Waals surface area (Å²) >= 11 is 1.97.